The molecule has 0 saturated carbocycles. The second-order valence-electron chi connectivity index (χ2n) is 6.11. The molecule has 2 heterocycles. The molecular formula is C19H22N2O5. The highest BCUT2D eigenvalue weighted by molar-refractivity contribution is 5.93. The Morgan fingerprint density at radius 1 is 1.15 bits per heavy atom. The molecule has 138 valence electrons. The van der Waals surface area contributed by atoms with Gasteiger partial charge in [0.2, 0.25) is 0 Å². The molecule has 7 nitrogen and oxygen atoms in total. The van der Waals surface area contributed by atoms with Crippen molar-refractivity contribution < 1.29 is 23.5 Å². The van der Waals surface area contributed by atoms with Crippen LogP contribution >= 0.6 is 0 Å². The number of furan rings is 1. The molecule has 0 aliphatic carbocycles. The summed E-state index contributed by atoms with van der Waals surface area (Å²) < 4.78 is 15.5. The van der Waals surface area contributed by atoms with E-state index >= 15 is 0 Å². The highest BCUT2D eigenvalue weighted by Gasteiger charge is 2.25. The fourth-order valence-corrected chi connectivity index (χ4v) is 2.89. The van der Waals surface area contributed by atoms with E-state index in [1.165, 1.54) is 12.5 Å². The number of methoxy groups -OCH3 is 1. The molecule has 0 atom stereocenters. The van der Waals surface area contributed by atoms with Crippen molar-refractivity contribution in [3.05, 3.63) is 48.4 Å². The summed E-state index contributed by atoms with van der Waals surface area (Å²) in [4.78, 5) is 26.1. The zero-order valence-electron chi connectivity index (χ0n) is 14.6. The van der Waals surface area contributed by atoms with Gasteiger partial charge < -0.3 is 24.1 Å². The Hall–Kier alpha value is -2.96. The highest BCUT2D eigenvalue weighted by atomic mass is 16.5. The largest absolute Gasteiger partial charge is 0.497 e. The number of rotatable bonds is 6. The SMILES string of the molecule is COc1ccc(OCC(=O)NC2CCN(C(=O)c3ccoc3)CC2)cc1. The molecular weight excluding hydrogens is 336 g/mol. The van der Waals surface area contributed by atoms with Crippen molar-refractivity contribution in [2.75, 3.05) is 26.8 Å². The lowest BCUT2D eigenvalue weighted by Crippen LogP contribution is -2.47. The van der Waals surface area contributed by atoms with Crippen molar-refractivity contribution in [3.8, 4) is 11.5 Å². The first-order chi connectivity index (χ1) is 12.7. The number of hydrogen-bond acceptors (Lipinski definition) is 5. The molecule has 1 aliphatic heterocycles. The molecule has 2 aromatic rings. The third-order valence-electron chi connectivity index (χ3n) is 4.34. The van der Waals surface area contributed by atoms with E-state index in [0.717, 1.165) is 18.6 Å². The lowest BCUT2D eigenvalue weighted by Gasteiger charge is -2.32. The van der Waals surface area contributed by atoms with Gasteiger partial charge in [-0.2, -0.15) is 0 Å². The minimum Gasteiger partial charge on any atom is -0.497 e. The smallest absolute Gasteiger partial charge is 0.258 e. The van der Waals surface area contributed by atoms with Crippen molar-refractivity contribution >= 4 is 11.8 Å². The van der Waals surface area contributed by atoms with Gasteiger partial charge in [0.05, 0.1) is 18.9 Å². The third kappa shape index (κ3) is 4.56. The summed E-state index contributed by atoms with van der Waals surface area (Å²) >= 11 is 0. The normalized spacial score (nSPS) is 14.7. The number of piperidine rings is 1. The van der Waals surface area contributed by atoms with Crippen molar-refractivity contribution in [1.82, 2.24) is 10.2 Å². The maximum atomic E-state index is 12.2. The Bertz CT molecular complexity index is 719. The average Bonchev–Trinajstić information content (AvgIpc) is 3.21. The minimum absolute atomic E-state index is 0.0358. The van der Waals surface area contributed by atoms with Crippen LogP contribution in [-0.2, 0) is 4.79 Å². The standard InChI is InChI=1S/C19H22N2O5/c1-24-16-2-4-17(5-3-16)26-13-18(22)20-15-6-9-21(10-7-15)19(23)14-8-11-25-12-14/h2-5,8,11-12,15H,6-7,9-10,13H2,1H3,(H,20,22). The number of ether oxygens (including phenoxy) is 2. The molecule has 1 fully saturated rings. The fraction of sp³-hybridized carbons (Fsp3) is 0.368. The summed E-state index contributed by atoms with van der Waals surface area (Å²) in [6, 6.07) is 8.78. The second-order valence-corrected chi connectivity index (χ2v) is 6.11. The number of nitrogens with one attached hydrogen (secondary N) is 1. The van der Waals surface area contributed by atoms with Crippen LogP contribution < -0.4 is 14.8 Å². The Labute approximate surface area is 151 Å². The van der Waals surface area contributed by atoms with Gasteiger partial charge in [-0.25, -0.2) is 0 Å². The summed E-state index contributed by atoms with van der Waals surface area (Å²) in [5.41, 5.74) is 0.556. The molecule has 1 aromatic heterocycles. The van der Waals surface area contributed by atoms with Gasteiger partial charge in [-0.1, -0.05) is 0 Å². The topological polar surface area (TPSA) is 81.0 Å². The first-order valence-electron chi connectivity index (χ1n) is 8.53. The molecule has 0 unspecified atom stereocenters. The number of benzene rings is 1. The van der Waals surface area contributed by atoms with Gasteiger partial charge in [0.25, 0.3) is 11.8 Å². The Morgan fingerprint density at radius 3 is 2.46 bits per heavy atom. The van der Waals surface area contributed by atoms with E-state index < -0.39 is 0 Å². The van der Waals surface area contributed by atoms with Crippen molar-refractivity contribution in [2.24, 2.45) is 0 Å². The first-order valence-corrected chi connectivity index (χ1v) is 8.53. The van der Waals surface area contributed by atoms with E-state index in [1.807, 2.05) is 0 Å². The van der Waals surface area contributed by atoms with Crippen LogP contribution in [0.1, 0.15) is 23.2 Å². The van der Waals surface area contributed by atoms with Gasteiger partial charge in [-0.15, -0.1) is 0 Å². The minimum atomic E-state index is -0.166. The Kier molecular flexibility index (Phi) is 5.78. The molecule has 1 aromatic carbocycles. The molecule has 1 saturated heterocycles. The maximum absolute atomic E-state index is 12.2. The molecule has 0 radical (unpaired) electrons. The van der Waals surface area contributed by atoms with E-state index in [0.29, 0.717) is 24.4 Å². The van der Waals surface area contributed by atoms with Crippen LogP contribution in [0.4, 0.5) is 0 Å². The molecule has 0 spiro atoms. The molecule has 3 rings (SSSR count). The number of carbonyl (C=O) groups is 2. The van der Waals surface area contributed by atoms with E-state index in [4.69, 9.17) is 13.9 Å². The fourth-order valence-electron chi connectivity index (χ4n) is 2.89. The zero-order chi connectivity index (χ0) is 18.4. The summed E-state index contributed by atoms with van der Waals surface area (Å²) in [5.74, 6) is 1.15. The lowest BCUT2D eigenvalue weighted by atomic mass is 10.0. The average molecular weight is 358 g/mol. The molecule has 7 heteroatoms. The van der Waals surface area contributed by atoms with Crippen molar-refractivity contribution in [1.29, 1.82) is 0 Å². The predicted molar refractivity (Wildman–Crippen MR) is 94.3 cm³/mol. The van der Waals surface area contributed by atoms with E-state index in [2.05, 4.69) is 5.32 Å². The number of carbonyl (C=O) groups excluding carboxylic acids is 2. The van der Waals surface area contributed by atoms with E-state index in [9.17, 15) is 9.59 Å². The van der Waals surface area contributed by atoms with E-state index in [1.54, 1.807) is 42.3 Å². The molecule has 2 amide bonds. The molecule has 1 N–H and O–H groups in total. The van der Waals surface area contributed by atoms with Crippen LogP contribution in [-0.4, -0.2) is 49.6 Å². The quantitative estimate of drug-likeness (QED) is 0.855. The number of amides is 2. The highest BCUT2D eigenvalue weighted by Crippen LogP contribution is 2.17. The van der Waals surface area contributed by atoms with Gasteiger partial charge in [-0.3, -0.25) is 9.59 Å². The summed E-state index contributed by atoms with van der Waals surface area (Å²) in [5, 5.41) is 2.96. The molecule has 0 bridgehead atoms. The maximum Gasteiger partial charge on any atom is 0.258 e. The Morgan fingerprint density at radius 2 is 1.85 bits per heavy atom. The summed E-state index contributed by atoms with van der Waals surface area (Å²) in [6.07, 6.45) is 4.38. The second kappa shape index (κ2) is 8.42. The van der Waals surface area contributed by atoms with Gasteiger partial charge in [0, 0.05) is 19.1 Å². The van der Waals surface area contributed by atoms with Gasteiger partial charge in [-0.05, 0) is 43.2 Å². The van der Waals surface area contributed by atoms with Crippen LogP contribution in [0, 0.1) is 0 Å². The van der Waals surface area contributed by atoms with Crippen LogP contribution in [0.5, 0.6) is 11.5 Å². The van der Waals surface area contributed by atoms with Gasteiger partial charge >= 0.3 is 0 Å². The third-order valence-corrected chi connectivity index (χ3v) is 4.34. The number of hydrogen-bond donors (Lipinski definition) is 1. The van der Waals surface area contributed by atoms with Crippen LogP contribution in [0.25, 0.3) is 0 Å². The lowest BCUT2D eigenvalue weighted by molar-refractivity contribution is -0.124. The number of likely N-dealkylation sites (tertiary alicyclic amines) is 1. The molecule has 26 heavy (non-hydrogen) atoms. The van der Waals surface area contributed by atoms with Crippen LogP contribution in [0.3, 0.4) is 0 Å². The predicted octanol–water partition coefficient (Wildman–Crippen LogP) is 2.09. The van der Waals surface area contributed by atoms with Gasteiger partial charge in [0.1, 0.15) is 17.8 Å². The zero-order valence-corrected chi connectivity index (χ0v) is 14.6. The first kappa shape index (κ1) is 17.8. The van der Waals surface area contributed by atoms with Crippen molar-refractivity contribution in [2.45, 2.75) is 18.9 Å². The van der Waals surface area contributed by atoms with Gasteiger partial charge in [0.15, 0.2) is 6.61 Å². The van der Waals surface area contributed by atoms with Crippen LogP contribution in [0.2, 0.25) is 0 Å². The summed E-state index contributed by atoms with van der Waals surface area (Å²) in [7, 11) is 1.59. The van der Waals surface area contributed by atoms with E-state index in [-0.39, 0.29) is 24.5 Å². The number of nitrogens with zero attached hydrogens (tertiary/aromatic N) is 1. The monoisotopic (exact) mass is 358 g/mol. The van der Waals surface area contributed by atoms with Crippen LogP contribution in [0.15, 0.2) is 47.3 Å². The van der Waals surface area contributed by atoms with Crippen molar-refractivity contribution in [3.63, 3.8) is 0 Å². The molecule has 1 aliphatic rings. The summed E-state index contributed by atoms with van der Waals surface area (Å²) in [6.45, 7) is 1.17. The Balaban J connectivity index is 1.39.